The molecular weight excluding hydrogens is 282 g/mol. The smallest absolute Gasteiger partial charge is 0.263 e. The number of carbonyl (C=O) groups excluding carboxylic acids is 1. The zero-order chi connectivity index (χ0) is 16.1. The Morgan fingerprint density at radius 3 is 2.73 bits per heavy atom. The molecule has 118 valence electrons. The van der Waals surface area contributed by atoms with E-state index in [0.717, 1.165) is 11.3 Å². The van der Waals surface area contributed by atoms with E-state index in [4.69, 9.17) is 14.3 Å². The van der Waals surface area contributed by atoms with Crippen molar-refractivity contribution in [3.8, 4) is 5.75 Å². The van der Waals surface area contributed by atoms with Crippen molar-refractivity contribution < 1.29 is 19.1 Å². The Kier molecular flexibility index (Phi) is 5.22. The fraction of sp³-hybridized carbons (Fsp3) is 0.353. The van der Waals surface area contributed by atoms with E-state index in [1.54, 1.807) is 55.5 Å². The van der Waals surface area contributed by atoms with Crippen LogP contribution in [0.3, 0.4) is 0 Å². The molecule has 0 fully saturated rings. The number of nitrogens with zero attached hydrogens (tertiary/aromatic N) is 1. The zero-order valence-electron chi connectivity index (χ0n) is 13.0. The van der Waals surface area contributed by atoms with Gasteiger partial charge in [-0.3, -0.25) is 4.79 Å². The van der Waals surface area contributed by atoms with Gasteiger partial charge in [-0.05, 0) is 43.7 Å². The molecule has 0 aliphatic carbocycles. The molecule has 1 amide bonds. The van der Waals surface area contributed by atoms with Gasteiger partial charge in [0.15, 0.2) is 6.10 Å². The first-order valence-corrected chi connectivity index (χ1v) is 7.19. The molecule has 0 saturated carbocycles. The summed E-state index contributed by atoms with van der Waals surface area (Å²) in [6, 6.07) is 10.5. The van der Waals surface area contributed by atoms with Crippen molar-refractivity contribution in [3.63, 3.8) is 0 Å². The summed E-state index contributed by atoms with van der Waals surface area (Å²) in [4.78, 5) is 14.0. The van der Waals surface area contributed by atoms with Crippen LogP contribution in [0.25, 0.3) is 0 Å². The van der Waals surface area contributed by atoms with Gasteiger partial charge in [0.25, 0.3) is 5.91 Å². The Morgan fingerprint density at radius 2 is 2.09 bits per heavy atom. The third-order valence-corrected chi connectivity index (χ3v) is 3.63. The quantitative estimate of drug-likeness (QED) is 0.891. The molecule has 2 unspecified atom stereocenters. The lowest BCUT2D eigenvalue weighted by Gasteiger charge is -2.26. The maximum absolute atomic E-state index is 12.4. The predicted molar refractivity (Wildman–Crippen MR) is 82.3 cm³/mol. The molecule has 0 bridgehead atoms. The minimum absolute atomic E-state index is 0.0606. The second-order valence-corrected chi connectivity index (χ2v) is 5.21. The molecule has 1 aromatic carbocycles. The average molecular weight is 303 g/mol. The minimum Gasteiger partial charge on any atom is -0.481 e. The van der Waals surface area contributed by atoms with Crippen molar-refractivity contribution in [1.29, 1.82) is 0 Å². The third kappa shape index (κ3) is 3.68. The molecule has 22 heavy (non-hydrogen) atoms. The van der Waals surface area contributed by atoms with Crippen molar-refractivity contribution in [1.82, 2.24) is 4.90 Å². The standard InChI is InChI=1S/C17H21NO4/c1-12(16-8-5-9-21-16)18(3)17(20)13(2)22-15-7-4-6-14(10-15)11-19/h4-10,12-13,19H,11H2,1-3H3. The molecule has 0 radical (unpaired) electrons. The number of aliphatic hydroxyl groups excluding tert-OH is 1. The van der Waals surface area contributed by atoms with Gasteiger partial charge in [0, 0.05) is 7.05 Å². The molecule has 5 nitrogen and oxygen atoms in total. The lowest BCUT2D eigenvalue weighted by molar-refractivity contribution is -0.138. The first-order chi connectivity index (χ1) is 10.5. The van der Waals surface area contributed by atoms with Crippen molar-refractivity contribution in [2.45, 2.75) is 32.6 Å². The molecule has 2 aromatic rings. The van der Waals surface area contributed by atoms with Gasteiger partial charge in [-0.2, -0.15) is 0 Å². The fourth-order valence-electron chi connectivity index (χ4n) is 2.17. The van der Waals surface area contributed by atoms with E-state index >= 15 is 0 Å². The molecule has 1 N–H and O–H groups in total. The average Bonchev–Trinajstić information content (AvgIpc) is 3.07. The van der Waals surface area contributed by atoms with Gasteiger partial charge in [-0.1, -0.05) is 12.1 Å². The lowest BCUT2D eigenvalue weighted by Crippen LogP contribution is -2.39. The van der Waals surface area contributed by atoms with E-state index in [1.807, 2.05) is 13.0 Å². The van der Waals surface area contributed by atoms with Crippen molar-refractivity contribution in [2.75, 3.05) is 7.05 Å². The van der Waals surface area contributed by atoms with Gasteiger partial charge in [-0.25, -0.2) is 0 Å². The number of benzene rings is 1. The summed E-state index contributed by atoms with van der Waals surface area (Å²) in [5, 5.41) is 9.13. The van der Waals surface area contributed by atoms with Gasteiger partial charge < -0.3 is 19.2 Å². The number of hydrogen-bond acceptors (Lipinski definition) is 4. The first-order valence-electron chi connectivity index (χ1n) is 7.19. The number of amides is 1. The summed E-state index contributed by atoms with van der Waals surface area (Å²) in [5.74, 6) is 1.15. The van der Waals surface area contributed by atoms with E-state index in [1.165, 1.54) is 0 Å². The Labute approximate surface area is 130 Å². The molecule has 1 heterocycles. The van der Waals surface area contributed by atoms with Crippen molar-refractivity contribution >= 4 is 5.91 Å². The van der Waals surface area contributed by atoms with Crippen LogP contribution in [0.4, 0.5) is 0 Å². The number of hydrogen-bond donors (Lipinski definition) is 1. The number of furan rings is 1. The van der Waals surface area contributed by atoms with Crippen molar-refractivity contribution in [3.05, 3.63) is 54.0 Å². The Hall–Kier alpha value is -2.27. The van der Waals surface area contributed by atoms with Gasteiger partial charge in [0.05, 0.1) is 18.9 Å². The summed E-state index contributed by atoms with van der Waals surface area (Å²) < 4.78 is 11.0. The normalized spacial score (nSPS) is 13.5. The van der Waals surface area contributed by atoms with E-state index in [9.17, 15) is 4.79 Å². The second kappa shape index (κ2) is 7.13. The van der Waals surface area contributed by atoms with Gasteiger partial charge in [-0.15, -0.1) is 0 Å². The molecular formula is C17H21NO4. The SMILES string of the molecule is CC(Oc1cccc(CO)c1)C(=O)N(C)C(C)c1ccco1. The third-order valence-electron chi connectivity index (χ3n) is 3.63. The number of carbonyl (C=O) groups is 1. The number of likely N-dealkylation sites (N-methyl/N-ethyl adjacent to an activating group) is 1. The van der Waals surface area contributed by atoms with E-state index in [-0.39, 0.29) is 18.6 Å². The predicted octanol–water partition coefficient (Wildman–Crippen LogP) is 2.76. The molecule has 0 aliphatic heterocycles. The maximum atomic E-state index is 12.4. The van der Waals surface area contributed by atoms with Crippen LogP contribution in [0.1, 0.15) is 31.2 Å². The Balaban J connectivity index is 2.02. The fourth-order valence-corrected chi connectivity index (χ4v) is 2.17. The van der Waals surface area contributed by atoms with Crippen LogP contribution in [0.2, 0.25) is 0 Å². The zero-order valence-corrected chi connectivity index (χ0v) is 13.0. The minimum atomic E-state index is -0.628. The summed E-state index contributed by atoms with van der Waals surface area (Å²) >= 11 is 0. The number of rotatable bonds is 6. The second-order valence-electron chi connectivity index (χ2n) is 5.21. The molecule has 0 aliphatic rings. The number of aliphatic hydroxyl groups is 1. The highest BCUT2D eigenvalue weighted by molar-refractivity contribution is 5.81. The van der Waals surface area contributed by atoms with Crippen LogP contribution in [0.5, 0.6) is 5.75 Å². The van der Waals surface area contributed by atoms with Crippen LogP contribution >= 0.6 is 0 Å². The maximum Gasteiger partial charge on any atom is 0.263 e. The Bertz CT molecular complexity index is 609. The summed E-state index contributed by atoms with van der Waals surface area (Å²) in [6.45, 7) is 3.55. The summed E-state index contributed by atoms with van der Waals surface area (Å²) in [5.41, 5.74) is 0.745. The van der Waals surface area contributed by atoms with E-state index in [0.29, 0.717) is 5.75 Å². The van der Waals surface area contributed by atoms with Crippen LogP contribution < -0.4 is 4.74 Å². The summed E-state index contributed by atoms with van der Waals surface area (Å²) in [7, 11) is 1.72. The van der Waals surface area contributed by atoms with Crippen LogP contribution in [0, 0.1) is 0 Å². The van der Waals surface area contributed by atoms with E-state index in [2.05, 4.69) is 0 Å². The van der Waals surface area contributed by atoms with Crippen LogP contribution in [-0.4, -0.2) is 29.1 Å². The van der Waals surface area contributed by atoms with E-state index < -0.39 is 6.10 Å². The van der Waals surface area contributed by atoms with Crippen LogP contribution in [-0.2, 0) is 11.4 Å². The number of ether oxygens (including phenoxy) is 1. The molecule has 0 spiro atoms. The van der Waals surface area contributed by atoms with Gasteiger partial charge in [0.1, 0.15) is 11.5 Å². The highest BCUT2D eigenvalue weighted by Gasteiger charge is 2.25. The molecule has 2 atom stereocenters. The largest absolute Gasteiger partial charge is 0.481 e. The van der Waals surface area contributed by atoms with Gasteiger partial charge >= 0.3 is 0 Å². The highest BCUT2D eigenvalue weighted by atomic mass is 16.5. The lowest BCUT2D eigenvalue weighted by atomic mass is 10.2. The molecule has 2 rings (SSSR count). The highest BCUT2D eigenvalue weighted by Crippen LogP contribution is 2.21. The van der Waals surface area contributed by atoms with Gasteiger partial charge in [0.2, 0.25) is 0 Å². The topological polar surface area (TPSA) is 62.9 Å². The molecule has 1 aromatic heterocycles. The molecule has 5 heteroatoms. The van der Waals surface area contributed by atoms with Crippen molar-refractivity contribution in [2.24, 2.45) is 0 Å². The first kappa shape index (κ1) is 16.1. The monoisotopic (exact) mass is 303 g/mol. The summed E-state index contributed by atoms with van der Waals surface area (Å²) in [6.07, 6.45) is 0.959. The Morgan fingerprint density at radius 1 is 1.32 bits per heavy atom. The molecule has 0 saturated heterocycles. The van der Waals surface area contributed by atoms with Crippen LogP contribution in [0.15, 0.2) is 47.1 Å².